The Hall–Kier alpha value is -2.18. The lowest BCUT2D eigenvalue weighted by atomic mass is 9.45. The number of methoxy groups -OCH3 is 4. The number of nitrogens with zero attached hydrogens (tertiary/aromatic N) is 1. The number of aliphatic imine (C=N–C) groups is 1. The van der Waals surface area contributed by atoms with Crippen LogP contribution in [0.2, 0.25) is 0 Å². The summed E-state index contributed by atoms with van der Waals surface area (Å²) in [4.78, 5) is 18.2. The van der Waals surface area contributed by atoms with E-state index in [1.54, 1.807) is 45.6 Å². The second-order valence-corrected chi connectivity index (χ2v) is 12.1. The Balaban J connectivity index is 1.56. The Morgan fingerprint density at radius 2 is 1.80 bits per heavy atom. The maximum Gasteiger partial charge on any atom is 0.338 e. The molecule has 5 aliphatic rings. The van der Waals surface area contributed by atoms with E-state index in [4.69, 9.17) is 28.7 Å². The molecule has 12 unspecified atom stereocenters. The number of hydrogen-bond donors (Lipinski definition) is 3. The summed E-state index contributed by atoms with van der Waals surface area (Å²) >= 11 is 0. The SMILES string of the molecule is COCC12CN=CC3(C(OC)CC1O)C1CC4(O)C(OC)C(O)C(=CC(OC)C23)C1C4OC(=O)c1ccccc1. The van der Waals surface area contributed by atoms with Gasteiger partial charge in [0.25, 0.3) is 0 Å². The van der Waals surface area contributed by atoms with Gasteiger partial charge >= 0.3 is 5.97 Å². The minimum Gasteiger partial charge on any atom is -0.455 e. The number of carbonyl (C=O) groups is 1. The van der Waals surface area contributed by atoms with E-state index in [1.807, 2.05) is 18.4 Å². The number of hydrogen-bond acceptors (Lipinski definition) is 10. The molecule has 1 heterocycles. The maximum absolute atomic E-state index is 13.4. The predicted molar refractivity (Wildman–Crippen MR) is 143 cm³/mol. The van der Waals surface area contributed by atoms with Crippen LogP contribution in [-0.4, -0.2) is 111 Å². The number of aliphatic hydroxyl groups is 3. The summed E-state index contributed by atoms with van der Waals surface area (Å²) in [5, 5.41) is 35.6. The molecule has 4 bridgehead atoms. The molecule has 10 nitrogen and oxygen atoms in total. The van der Waals surface area contributed by atoms with Crippen molar-refractivity contribution in [3.05, 3.63) is 47.5 Å². The van der Waals surface area contributed by atoms with Crippen LogP contribution >= 0.6 is 0 Å². The molecule has 0 spiro atoms. The molecule has 3 saturated carbocycles. The normalized spacial score (nSPS) is 46.8. The van der Waals surface area contributed by atoms with Crippen LogP contribution in [0.5, 0.6) is 0 Å². The Kier molecular flexibility index (Phi) is 6.97. The molecule has 12 atom stereocenters. The fraction of sp³-hybridized carbons (Fsp3) is 0.667. The Labute approximate surface area is 233 Å². The summed E-state index contributed by atoms with van der Waals surface area (Å²) < 4.78 is 29.9. The average Bonchev–Trinajstić information content (AvgIpc) is 3.11. The van der Waals surface area contributed by atoms with Crippen LogP contribution in [0.1, 0.15) is 23.2 Å². The van der Waals surface area contributed by atoms with Crippen LogP contribution < -0.4 is 0 Å². The fourth-order valence-electron chi connectivity index (χ4n) is 9.17. The number of benzene rings is 1. The van der Waals surface area contributed by atoms with Crippen LogP contribution in [-0.2, 0) is 23.7 Å². The zero-order chi connectivity index (χ0) is 28.4. The van der Waals surface area contributed by atoms with Crippen molar-refractivity contribution in [2.75, 3.05) is 41.6 Å². The molecule has 0 saturated heterocycles. The van der Waals surface area contributed by atoms with Gasteiger partial charge in [-0.15, -0.1) is 0 Å². The number of rotatable bonds is 7. The van der Waals surface area contributed by atoms with Gasteiger partial charge in [0.2, 0.25) is 0 Å². The highest BCUT2D eigenvalue weighted by Crippen LogP contribution is 2.68. The monoisotopic (exact) mass is 557 g/mol. The van der Waals surface area contributed by atoms with E-state index in [2.05, 4.69) is 0 Å². The van der Waals surface area contributed by atoms with Crippen molar-refractivity contribution in [3.8, 4) is 0 Å². The molecule has 3 N–H and O–H groups in total. The largest absolute Gasteiger partial charge is 0.455 e. The first-order chi connectivity index (χ1) is 19.2. The minimum atomic E-state index is -1.69. The zero-order valence-corrected chi connectivity index (χ0v) is 23.3. The summed E-state index contributed by atoms with van der Waals surface area (Å²) in [6.07, 6.45) is -0.725. The maximum atomic E-state index is 13.4. The van der Waals surface area contributed by atoms with Crippen molar-refractivity contribution >= 4 is 12.2 Å². The minimum absolute atomic E-state index is 0.162. The third kappa shape index (κ3) is 3.54. The number of esters is 1. The lowest BCUT2D eigenvalue weighted by Crippen LogP contribution is -2.70. The molecule has 3 fully saturated rings. The van der Waals surface area contributed by atoms with E-state index < -0.39 is 64.9 Å². The molecule has 0 amide bonds. The van der Waals surface area contributed by atoms with E-state index in [-0.39, 0.29) is 24.9 Å². The molecule has 1 aromatic rings. The molecule has 40 heavy (non-hydrogen) atoms. The number of ether oxygens (including phenoxy) is 5. The van der Waals surface area contributed by atoms with Crippen molar-refractivity contribution in [1.29, 1.82) is 0 Å². The van der Waals surface area contributed by atoms with Gasteiger partial charge in [-0.3, -0.25) is 4.99 Å². The topological polar surface area (TPSA) is 136 Å². The smallest absolute Gasteiger partial charge is 0.338 e. The van der Waals surface area contributed by atoms with Crippen molar-refractivity contribution in [2.45, 2.75) is 55.1 Å². The summed E-state index contributed by atoms with van der Waals surface area (Å²) in [6.45, 7) is 0.583. The van der Waals surface area contributed by atoms with Gasteiger partial charge in [0.1, 0.15) is 23.9 Å². The highest BCUT2D eigenvalue weighted by Gasteiger charge is 2.77. The lowest BCUT2D eigenvalue weighted by Gasteiger charge is -2.63. The summed E-state index contributed by atoms with van der Waals surface area (Å²) in [5.74, 6) is -1.88. The molecule has 0 aromatic heterocycles. The summed E-state index contributed by atoms with van der Waals surface area (Å²) in [6, 6.07) is 8.65. The van der Waals surface area contributed by atoms with E-state index in [1.165, 1.54) is 7.11 Å². The molecular weight excluding hydrogens is 518 g/mol. The molecule has 10 heteroatoms. The van der Waals surface area contributed by atoms with Crippen molar-refractivity contribution in [3.63, 3.8) is 0 Å². The van der Waals surface area contributed by atoms with Gasteiger partial charge in [0.15, 0.2) is 0 Å². The van der Waals surface area contributed by atoms with Crippen molar-refractivity contribution in [1.82, 2.24) is 0 Å². The highest BCUT2D eigenvalue weighted by atomic mass is 16.6. The standard InChI is InChI=1S/C30H39NO9/c1-36-15-28-13-31-14-29(21(38-3)11-20(28)32)18-12-30(35)25(40-27(34)16-8-6-5-7-9-16)22(18)17(23(33)26(30)39-4)10-19(37-2)24(28)29/h5-10,14,18-26,32-33,35H,11-13,15H2,1-4H3. The van der Waals surface area contributed by atoms with Crippen molar-refractivity contribution in [2.24, 2.45) is 33.6 Å². The fourth-order valence-corrected chi connectivity index (χ4v) is 9.17. The average molecular weight is 558 g/mol. The van der Waals surface area contributed by atoms with Crippen LogP contribution in [0.25, 0.3) is 0 Å². The van der Waals surface area contributed by atoms with E-state index in [0.717, 1.165) is 0 Å². The molecule has 218 valence electrons. The predicted octanol–water partition coefficient (Wildman–Crippen LogP) is 1.02. The molecule has 1 aromatic carbocycles. The van der Waals surface area contributed by atoms with Gasteiger partial charge in [0.05, 0.1) is 30.5 Å². The highest BCUT2D eigenvalue weighted by molar-refractivity contribution is 5.89. The Morgan fingerprint density at radius 3 is 2.45 bits per heavy atom. The summed E-state index contributed by atoms with van der Waals surface area (Å²) in [5.41, 5.74) is -2.36. The first kappa shape index (κ1) is 28.0. The van der Waals surface area contributed by atoms with Gasteiger partial charge < -0.3 is 39.0 Å². The molecule has 4 aliphatic carbocycles. The number of aliphatic hydroxyl groups excluding tert-OH is 2. The van der Waals surface area contributed by atoms with Gasteiger partial charge in [-0.1, -0.05) is 24.3 Å². The second-order valence-electron chi connectivity index (χ2n) is 12.1. The van der Waals surface area contributed by atoms with Crippen molar-refractivity contribution < 1.29 is 43.8 Å². The first-order valence-corrected chi connectivity index (χ1v) is 13.9. The lowest BCUT2D eigenvalue weighted by molar-refractivity contribution is -0.219. The Morgan fingerprint density at radius 1 is 1.05 bits per heavy atom. The van der Waals surface area contributed by atoms with E-state index in [9.17, 15) is 20.1 Å². The van der Waals surface area contributed by atoms with E-state index >= 15 is 0 Å². The van der Waals surface area contributed by atoms with Gasteiger partial charge in [0, 0.05) is 70.3 Å². The quantitative estimate of drug-likeness (QED) is 0.332. The van der Waals surface area contributed by atoms with Crippen LogP contribution in [0.4, 0.5) is 0 Å². The molecule has 0 radical (unpaired) electrons. The van der Waals surface area contributed by atoms with E-state index in [0.29, 0.717) is 24.1 Å². The molecular formula is C30H39NO9. The van der Waals surface area contributed by atoms with Gasteiger partial charge in [-0.05, 0) is 30.0 Å². The third-order valence-electron chi connectivity index (χ3n) is 10.6. The number of fused-ring (bicyclic) bond motifs is 1. The second kappa shape index (κ2) is 9.97. The zero-order valence-electron chi connectivity index (χ0n) is 23.3. The van der Waals surface area contributed by atoms with Gasteiger partial charge in [-0.2, -0.15) is 0 Å². The summed E-state index contributed by atoms with van der Waals surface area (Å²) in [7, 11) is 6.27. The Bertz CT molecular complexity index is 1190. The van der Waals surface area contributed by atoms with Crippen LogP contribution in [0, 0.1) is 28.6 Å². The van der Waals surface area contributed by atoms with Crippen LogP contribution in [0.3, 0.4) is 0 Å². The number of carbonyl (C=O) groups excluding carboxylic acids is 1. The first-order valence-electron chi connectivity index (χ1n) is 13.9. The molecule has 1 aliphatic heterocycles. The third-order valence-corrected chi connectivity index (χ3v) is 10.6. The van der Waals surface area contributed by atoms with Crippen LogP contribution in [0.15, 0.2) is 47.0 Å². The molecule has 6 rings (SSSR count). The van der Waals surface area contributed by atoms with Gasteiger partial charge in [-0.25, -0.2) is 4.79 Å².